The van der Waals surface area contributed by atoms with Gasteiger partial charge in [-0.2, -0.15) is 0 Å². The highest BCUT2D eigenvalue weighted by Crippen LogP contribution is 2.41. The number of fused-ring (bicyclic) bond motifs is 8. The number of rotatable bonds is 4. The van der Waals surface area contributed by atoms with E-state index in [4.69, 9.17) is 9.97 Å². The number of nitrogens with one attached hydrogen (secondary N) is 2. The van der Waals surface area contributed by atoms with Gasteiger partial charge in [-0.3, -0.25) is 4.79 Å². The maximum atomic E-state index is 13.7. The molecular formula is C63H62N4O. The summed E-state index contributed by atoms with van der Waals surface area (Å²) < 4.78 is 0. The Kier molecular flexibility index (Phi) is 11.5. The van der Waals surface area contributed by atoms with E-state index in [2.05, 4.69) is 214 Å². The monoisotopic (exact) mass is 890 g/mol. The minimum absolute atomic E-state index is 0.110. The van der Waals surface area contributed by atoms with E-state index >= 15 is 0 Å². The van der Waals surface area contributed by atoms with E-state index in [1.54, 1.807) is 12.1 Å². The largest absolute Gasteiger partial charge is 0.354 e. The molecule has 4 aromatic carbocycles. The van der Waals surface area contributed by atoms with Crippen molar-refractivity contribution in [3.8, 4) is 45.2 Å². The fraction of sp³-hybridized carbons (Fsp3) is 0.254. The molecule has 0 amide bonds. The van der Waals surface area contributed by atoms with Crippen LogP contribution in [0.4, 0.5) is 0 Å². The summed E-state index contributed by atoms with van der Waals surface area (Å²) in [4.78, 5) is 32.5. The fourth-order valence-electron chi connectivity index (χ4n) is 8.91. The minimum atomic E-state index is -0.261. The lowest BCUT2D eigenvalue weighted by molar-refractivity contribution is 0.105. The van der Waals surface area contributed by atoms with Crippen molar-refractivity contribution in [1.29, 1.82) is 0 Å². The van der Waals surface area contributed by atoms with E-state index in [0.29, 0.717) is 16.8 Å². The third-order valence-corrected chi connectivity index (χ3v) is 13.1. The second-order valence-corrected chi connectivity index (χ2v) is 22.4. The zero-order valence-electron chi connectivity index (χ0n) is 41.7. The number of ketones is 1. The highest BCUT2D eigenvalue weighted by Gasteiger charge is 2.26. The Hall–Kier alpha value is -7.29. The van der Waals surface area contributed by atoms with E-state index < -0.39 is 0 Å². The predicted octanol–water partition coefficient (Wildman–Crippen LogP) is 16.1. The third-order valence-electron chi connectivity index (χ3n) is 13.1. The first kappa shape index (κ1) is 45.8. The summed E-state index contributed by atoms with van der Waals surface area (Å²) >= 11 is 0. The number of carbonyl (C=O) groups is 1. The second-order valence-electron chi connectivity index (χ2n) is 22.4. The summed E-state index contributed by atoms with van der Waals surface area (Å²) in [6.45, 7) is 27.2. The molecule has 2 N–H and O–H groups in total. The molecule has 0 aliphatic carbocycles. The summed E-state index contributed by atoms with van der Waals surface area (Å²) in [5.41, 5.74) is 18.5. The molecular weight excluding hydrogens is 829 g/mol. The smallest absolute Gasteiger partial charge is 0.236 e. The molecule has 5 nitrogen and oxygen atoms in total. The highest BCUT2D eigenvalue weighted by atomic mass is 16.1. The van der Waals surface area contributed by atoms with E-state index in [-0.39, 0.29) is 27.4 Å². The molecule has 2 aliphatic rings. The summed E-state index contributed by atoms with van der Waals surface area (Å²) in [6, 6.07) is 42.3. The number of benzene rings is 4. The van der Waals surface area contributed by atoms with Crippen molar-refractivity contribution >= 4 is 52.2 Å². The van der Waals surface area contributed by atoms with Crippen LogP contribution < -0.4 is 0 Å². The maximum Gasteiger partial charge on any atom is 0.236 e. The van der Waals surface area contributed by atoms with E-state index in [1.165, 1.54) is 22.3 Å². The van der Waals surface area contributed by atoms with Crippen molar-refractivity contribution < 1.29 is 4.79 Å². The zero-order valence-corrected chi connectivity index (χ0v) is 41.7. The third kappa shape index (κ3) is 9.21. The van der Waals surface area contributed by atoms with Gasteiger partial charge in [-0.1, -0.05) is 186 Å². The number of aromatic amines is 2. The fourth-order valence-corrected chi connectivity index (χ4v) is 8.91. The minimum Gasteiger partial charge on any atom is -0.354 e. The topological polar surface area (TPSA) is 74.4 Å². The van der Waals surface area contributed by atoms with Gasteiger partial charge in [0.1, 0.15) is 0 Å². The molecule has 7 aromatic rings. The number of hydrogen-bond acceptors (Lipinski definition) is 3. The summed E-state index contributed by atoms with van der Waals surface area (Å²) in [5.74, 6) is 6.08. The molecule has 340 valence electrons. The van der Waals surface area contributed by atoms with E-state index in [9.17, 15) is 4.79 Å². The molecule has 5 heteroatoms. The number of hydrogen-bond donors (Lipinski definition) is 2. The molecule has 0 spiro atoms. The van der Waals surface area contributed by atoms with Gasteiger partial charge in [0, 0.05) is 38.8 Å². The SMILES string of the molecule is CC(C)(C)c1cc(-c2c3nc(c(-c4ccccc4)c4ccc([nH]4)c(-c4cc(C(C)(C)C)cc(C(C)(C)C)c4)c4nc(c(C#CC(=O)c5ccccc5)c5ccc2[nH]5)C=C4)C=C3)cc(C(C)(C)C)c1. The lowest BCUT2D eigenvalue weighted by atomic mass is 9.78. The van der Waals surface area contributed by atoms with Gasteiger partial charge in [-0.15, -0.1) is 0 Å². The Morgan fingerprint density at radius 2 is 0.765 bits per heavy atom. The van der Waals surface area contributed by atoms with Gasteiger partial charge in [0.2, 0.25) is 5.78 Å². The van der Waals surface area contributed by atoms with Crippen LogP contribution in [0.1, 0.15) is 144 Å². The summed E-state index contributed by atoms with van der Waals surface area (Å²) in [5, 5.41) is 0. The number of aromatic nitrogens is 4. The summed E-state index contributed by atoms with van der Waals surface area (Å²) in [6.07, 6.45) is 8.42. The molecule has 0 saturated heterocycles. The molecule has 68 heavy (non-hydrogen) atoms. The molecule has 5 heterocycles. The Balaban J connectivity index is 1.46. The molecule has 9 rings (SSSR count). The molecule has 0 atom stereocenters. The molecule has 0 unspecified atom stereocenters. The van der Waals surface area contributed by atoms with Crippen LogP contribution in [0.25, 0.3) is 79.8 Å². The Bertz CT molecular complexity index is 3290. The molecule has 0 saturated carbocycles. The lowest BCUT2D eigenvalue weighted by Crippen LogP contribution is -2.16. The van der Waals surface area contributed by atoms with Crippen LogP contribution in [-0.4, -0.2) is 25.7 Å². The first-order chi connectivity index (χ1) is 32.1. The van der Waals surface area contributed by atoms with Crippen LogP contribution in [0, 0.1) is 11.8 Å². The highest BCUT2D eigenvalue weighted by molar-refractivity contribution is 6.09. The second kappa shape index (κ2) is 17.1. The van der Waals surface area contributed by atoms with Gasteiger partial charge in [0.05, 0.1) is 33.9 Å². The Morgan fingerprint density at radius 1 is 0.412 bits per heavy atom. The van der Waals surface area contributed by atoms with Gasteiger partial charge >= 0.3 is 0 Å². The first-order valence-electron chi connectivity index (χ1n) is 23.8. The summed E-state index contributed by atoms with van der Waals surface area (Å²) in [7, 11) is 0. The number of nitrogens with zero attached hydrogens (tertiary/aromatic N) is 2. The quantitative estimate of drug-likeness (QED) is 0.137. The molecule has 3 aromatic heterocycles. The first-order valence-corrected chi connectivity index (χ1v) is 23.8. The van der Waals surface area contributed by atoms with Crippen molar-refractivity contribution in [3.63, 3.8) is 0 Å². The van der Waals surface area contributed by atoms with Crippen LogP contribution in [-0.2, 0) is 21.7 Å². The standard InChI is InChI=1S/C63H62N4O/c1-60(2,3)43-33-41(34-44(37-43)61(4,5)6)58-52-26-24-48(64-52)47(23-32-56(68)39-19-15-13-16-20-39)49-25-27-53(65-49)59(42-35-45(62(7,8)9)38-46(36-42)63(10,11)12)55-31-29-51(67-55)57(40-21-17-14-18-22-40)50-28-30-54(58)66-50/h13-22,24-31,33-38,64,67H,1-12H3. The number of Topliss-reactive ketones (excluding diaryl/α,β-unsaturated/α-hetero) is 1. The van der Waals surface area contributed by atoms with Gasteiger partial charge in [0.15, 0.2) is 0 Å². The van der Waals surface area contributed by atoms with E-state index in [0.717, 1.165) is 72.5 Å². The van der Waals surface area contributed by atoms with Gasteiger partial charge in [0.25, 0.3) is 0 Å². The van der Waals surface area contributed by atoms with E-state index in [1.807, 2.05) is 24.3 Å². The van der Waals surface area contributed by atoms with Crippen molar-refractivity contribution in [2.75, 3.05) is 0 Å². The van der Waals surface area contributed by atoms with Crippen molar-refractivity contribution in [2.45, 2.75) is 105 Å². The zero-order chi connectivity index (χ0) is 48.3. The number of H-pyrrole nitrogens is 2. The van der Waals surface area contributed by atoms with Crippen LogP contribution in [0.2, 0.25) is 0 Å². The average Bonchev–Trinajstić information content (AvgIpc) is 4.14. The van der Waals surface area contributed by atoms with Gasteiger partial charge in [-0.05, 0) is 115 Å². The molecule has 0 fully saturated rings. The van der Waals surface area contributed by atoms with Gasteiger partial charge in [-0.25, -0.2) is 9.97 Å². The van der Waals surface area contributed by atoms with Crippen LogP contribution in [0.15, 0.2) is 121 Å². The van der Waals surface area contributed by atoms with Crippen LogP contribution in [0.5, 0.6) is 0 Å². The molecule has 8 bridgehead atoms. The van der Waals surface area contributed by atoms with Crippen LogP contribution in [0.3, 0.4) is 0 Å². The van der Waals surface area contributed by atoms with Crippen molar-refractivity contribution in [2.24, 2.45) is 0 Å². The predicted molar refractivity (Wildman–Crippen MR) is 288 cm³/mol. The lowest BCUT2D eigenvalue weighted by Gasteiger charge is -2.26. The Labute approximate surface area is 402 Å². The van der Waals surface area contributed by atoms with Gasteiger partial charge < -0.3 is 9.97 Å². The van der Waals surface area contributed by atoms with Crippen molar-refractivity contribution in [1.82, 2.24) is 19.9 Å². The maximum absolute atomic E-state index is 13.7. The average molecular weight is 891 g/mol. The van der Waals surface area contributed by atoms with Crippen molar-refractivity contribution in [3.05, 3.63) is 177 Å². The molecule has 2 aliphatic heterocycles. The number of carbonyl (C=O) groups excluding carboxylic acids is 1. The Morgan fingerprint density at radius 3 is 1.19 bits per heavy atom. The van der Waals surface area contributed by atoms with Crippen LogP contribution >= 0.6 is 0 Å². The normalized spacial score (nSPS) is 12.8. The molecule has 0 radical (unpaired) electrons.